The van der Waals surface area contributed by atoms with Gasteiger partial charge in [0, 0.05) is 51.2 Å². The molecule has 1 rings (SSSR count). The van der Waals surface area contributed by atoms with Gasteiger partial charge in [0.2, 0.25) is 5.91 Å². The zero-order valence-electron chi connectivity index (χ0n) is 15.0. The Balaban J connectivity index is 2.24. The number of hydrogen-bond donors (Lipinski definition) is 2. The van der Waals surface area contributed by atoms with Crippen LogP contribution in [0.15, 0.2) is 0 Å². The van der Waals surface area contributed by atoms with Crippen LogP contribution in [0.1, 0.15) is 34.1 Å². The van der Waals surface area contributed by atoms with Crippen LogP contribution in [0.3, 0.4) is 0 Å². The molecule has 0 aromatic heterocycles. The highest BCUT2D eigenvalue weighted by Gasteiger charge is 2.28. The van der Waals surface area contributed by atoms with E-state index in [-0.39, 0.29) is 17.5 Å². The molecule has 0 aromatic rings. The molecule has 1 saturated heterocycles. The lowest BCUT2D eigenvalue weighted by molar-refractivity contribution is -0.130. The maximum atomic E-state index is 11.9. The number of carbonyl (C=O) groups is 2. The van der Waals surface area contributed by atoms with Crippen LogP contribution in [-0.2, 0) is 9.53 Å². The van der Waals surface area contributed by atoms with Crippen molar-refractivity contribution < 1.29 is 14.3 Å². The van der Waals surface area contributed by atoms with Gasteiger partial charge in [0.15, 0.2) is 0 Å². The zero-order chi connectivity index (χ0) is 17.3. The topological polar surface area (TPSA) is 73.9 Å². The lowest BCUT2D eigenvalue weighted by atomic mass is 10.0. The third-order valence-corrected chi connectivity index (χ3v) is 4.29. The van der Waals surface area contributed by atoms with Gasteiger partial charge in [-0.25, -0.2) is 4.79 Å². The van der Waals surface area contributed by atoms with Gasteiger partial charge in [-0.05, 0) is 27.7 Å². The van der Waals surface area contributed by atoms with E-state index in [2.05, 4.69) is 29.4 Å². The summed E-state index contributed by atoms with van der Waals surface area (Å²) in [4.78, 5) is 27.8. The van der Waals surface area contributed by atoms with Crippen LogP contribution >= 0.6 is 0 Å². The van der Waals surface area contributed by atoms with Crippen molar-refractivity contribution in [1.82, 2.24) is 20.4 Å². The molecule has 7 nitrogen and oxygen atoms in total. The second-order valence-electron chi connectivity index (χ2n) is 6.34. The molecule has 0 radical (unpaired) electrons. The summed E-state index contributed by atoms with van der Waals surface area (Å²) < 4.78 is 5.36. The van der Waals surface area contributed by atoms with Gasteiger partial charge in [-0.1, -0.05) is 0 Å². The number of rotatable bonds is 8. The summed E-state index contributed by atoms with van der Waals surface area (Å²) in [5.74, 6) is 0.0731. The Morgan fingerprint density at radius 2 is 1.74 bits per heavy atom. The molecule has 2 N–H and O–H groups in total. The van der Waals surface area contributed by atoms with E-state index in [0.717, 1.165) is 26.3 Å². The number of carbonyl (C=O) groups excluding carboxylic acids is 2. The highest BCUT2D eigenvalue weighted by molar-refractivity contribution is 5.78. The molecule has 0 bridgehead atoms. The van der Waals surface area contributed by atoms with Crippen LogP contribution in [0, 0.1) is 0 Å². The first-order valence-corrected chi connectivity index (χ1v) is 8.53. The Morgan fingerprint density at radius 1 is 1.13 bits per heavy atom. The molecule has 0 saturated carbocycles. The SMILES string of the molecule is CCN(CC)C(=O)CCNC(=O)NCC(C)(C)N1CCOCC1. The maximum absolute atomic E-state index is 11.9. The molecule has 1 aliphatic heterocycles. The summed E-state index contributed by atoms with van der Waals surface area (Å²) in [5.41, 5.74) is -0.113. The van der Waals surface area contributed by atoms with E-state index in [0.29, 0.717) is 32.6 Å². The number of amides is 3. The molecular formula is C16H32N4O3. The first kappa shape index (κ1) is 19.7. The monoisotopic (exact) mass is 328 g/mol. The normalized spacial score (nSPS) is 16.0. The predicted molar refractivity (Wildman–Crippen MR) is 90.4 cm³/mol. The van der Waals surface area contributed by atoms with Crippen molar-refractivity contribution in [3.8, 4) is 0 Å². The van der Waals surface area contributed by atoms with Gasteiger partial charge in [-0.3, -0.25) is 9.69 Å². The van der Waals surface area contributed by atoms with Crippen LogP contribution in [0.4, 0.5) is 4.79 Å². The number of hydrogen-bond acceptors (Lipinski definition) is 4. The number of urea groups is 1. The average Bonchev–Trinajstić information content (AvgIpc) is 2.55. The molecule has 0 aliphatic carbocycles. The van der Waals surface area contributed by atoms with Crippen molar-refractivity contribution in [2.24, 2.45) is 0 Å². The van der Waals surface area contributed by atoms with E-state index in [1.54, 1.807) is 4.90 Å². The highest BCUT2D eigenvalue weighted by atomic mass is 16.5. The molecule has 1 heterocycles. The van der Waals surface area contributed by atoms with Crippen molar-refractivity contribution in [3.63, 3.8) is 0 Å². The summed E-state index contributed by atoms with van der Waals surface area (Å²) in [5, 5.41) is 5.65. The Kier molecular flexibility index (Phi) is 8.33. The van der Waals surface area contributed by atoms with E-state index in [9.17, 15) is 9.59 Å². The lowest BCUT2D eigenvalue weighted by Crippen LogP contribution is -2.56. The fourth-order valence-corrected chi connectivity index (χ4v) is 2.66. The molecule has 1 fully saturated rings. The number of nitrogens with zero attached hydrogens (tertiary/aromatic N) is 2. The smallest absolute Gasteiger partial charge is 0.314 e. The van der Waals surface area contributed by atoms with E-state index in [1.165, 1.54) is 0 Å². The van der Waals surface area contributed by atoms with Crippen molar-refractivity contribution in [1.29, 1.82) is 0 Å². The summed E-state index contributed by atoms with van der Waals surface area (Å²) in [6.07, 6.45) is 0.335. The fraction of sp³-hybridized carbons (Fsp3) is 0.875. The van der Waals surface area contributed by atoms with E-state index < -0.39 is 0 Å². The summed E-state index contributed by atoms with van der Waals surface area (Å²) in [6.45, 7) is 13.7. The molecule has 0 unspecified atom stereocenters. The van der Waals surface area contributed by atoms with Gasteiger partial charge < -0.3 is 20.3 Å². The average molecular weight is 328 g/mol. The molecule has 1 aliphatic rings. The quantitative estimate of drug-likeness (QED) is 0.686. The highest BCUT2D eigenvalue weighted by Crippen LogP contribution is 2.14. The number of ether oxygens (including phenoxy) is 1. The zero-order valence-corrected chi connectivity index (χ0v) is 15.0. The third kappa shape index (κ3) is 6.74. The molecule has 7 heteroatoms. The fourth-order valence-electron chi connectivity index (χ4n) is 2.66. The maximum Gasteiger partial charge on any atom is 0.314 e. The molecule has 0 aromatic carbocycles. The van der Waals surface area contributed by atoms with Gasteiger partial charge in [0.05, 0.1) is 13.2 Å². The van der Waals surface area contributed by atoms with E-state index in [4.69, 9.17) is 4.74 Å². The second-order valence-corrected chi connectivity index (χ2v) is 6.34. The van der Waals surface area contributed by atoms with E-state index >= 15 is 0 Å². The van der Waals surface area contributed by atoms with Crippen LogP contribution in [0.25, 0.3) is 0 Å². The van der Waals surface area contributed by atoms with Crippen molar-refractivity contribution in [3.05, 3.63) is 0 Å². The van der Waals surface area contributed by atoms with Gasteiger partial charge in [-0.2, -0.15) is 0 Å². The number of nitrogens with one attached hydrogen (secondary N) is 2. The van der Waals surface area contributed by atoms with Gasteiger partial charge in [0.1, 0.15) is 0 Å². The Bertz CT molecular complexity index is 378. The lowest BCUT2D eigenvalue weighted by Gasteiger charge is -2.40. The Hall–Kier alpha value is -1.34. The third-order valence-electron chi connectivity index (χ3n) is 4.29. The standard InChI is InChI=1S/C16H32N4O3/c1-5-19(6-2)14(21)7-8-17-15(22)18-13-16(3,4)20-9-11-23-12-10-20/h5-13H2,1-4H3,(H2,17,18,22). The first-order valence-electron chi connectivity index (χ1n) is 8.53. The van der Waals surface area contributed by atoms with Gasteiger partial charge in [-0.15, -0.1) is 0 Å². The molecule has 0 spiro atoms. The van der Waals surface area contributed by atoms with Gasteiger partial charge in [0.25, 0.3) is 0 Å². The summed E-state index contributed by atoms with van der Waals surface area (Å²) >= 11 is 0. The van der Waals surface area contributed by atoms with E-state index in [1.807, 2.05) is 13.8 Å². The second kappa shape index (κ2) is 9.72. The minimum Gasteiger partial charge on any atom is -0.379 e. The van der Waals surface area contributed by atoms with Crippen molar-refractivity contribution in [2.45, 2.75) is 39.7 Å². The van der Waals surface area contributed by atoms with Crippen LogP contribution in [0.5, 0.6) is 0 Å². The van der Waals surface area contributed by atoms with Crippen molar-refractivity contribution in [2.75, 3.05) is 52.5 Å². The largest absolute Gasteiger partial charge is 0.379 e. The Labute approximate surface area is 139 Å². The number of morpholine rings is 1. The molecule has 23 heavy (non-hydrogen) atoms. The molecule has 0 atom stereocenters. The summed E-state index contributed by atoms with van der Waals surface area (Å²) in [7, 11) is 0. The van der Waals surface area contributed by atoms with Crippen LogP contribution in [-0.4, -0.2) is 79.8 Å². The Morgan fingerprint density at radius 3 is 2.30 bits per heavy atom. The molecule has 134 valence electrons. The van der Waals surface area contributed by atoms with Crippen LogP contribution in [0.2, 0.25) is 0 Å². The molecule has 3 amide bonds. The van der Waals surface area contributed by atoms with Crippen LogP contribution < -0.4 is 10.6 Å². The summed E-state index contributed by atoms with van der Waals surface area (Å²) in [6, 6.07) is -0.223. The first-order chi connectivity index (χ1) is 10.9. The van der Waals surface area contributed by atoms with Crippen molar-refractivity contribution >= 4 is 11.9 Å². The molecular weight excluding hydrogens is 296 g/mol. The minimum atomic E-state index is -0.223. The van der Waals surface area contributed by atoms with Gasteiger partial charge >= 0.3 is 6.03 Å². The minimum absolute atomic E-state index is 0.0731. The predicted octanol–water partition coefficient (Wildman–Crippen LogP) is 0.655.